The van der Waals surface area contributed by atoms with E-state index in [1.54, 1.807) is 24.3 Å². The molecule has 0 atom stereocenters. The summed E-state index contributed by atoms with van der Waals surface area (Å²) in [6, 6.07) is 8.79. The number of benzene rings is 1. The van der Waals surface area contributed by atoms with Gasteiger partial charge in [-0.1, -0.05) is 35.5 Å². The van der Waals surface area contributed by atoms with E-state index in [1.165, 1.54) is 7.11 Å². The number of nitrogens with two attached hydrogens (primary N) is 1. The maximum atomic E-state index is 11.1. The van der Waals surface area contributed by atoms with Gasteiger partial charge in [-0.25, -0.2) is 4.79 Å². The van der Waals surface area contributed by atoms with Crippen molar-refractivity contribution in [3.8, 4) is 0 Å². The number of oxime groups is 1. The number of hydrogen-bond acceptors (Lipinski definition) is 5. The van der Waals surface area contributed by atoms with Crippen molar-refractivity contribution in [2.24, 2.45) is 10.9 Å². The van der Waals surface area contributed by atoms with Crippen molar-refractivity contribution in [1.29, 1.82) is 0 Å². The van der Waals surface area contributed by atoms with Crippen LogP contribution in [0.25, 0.3) is 0 Å². The molecule has 1 aromatic carbocycles. The van der Waals surface area contributed by atoms with E-state index in [0.717, 1.165) is 0 Å². The van der Waals surface area contributed by atoms with Gasteiger partial charge in [-0.3, -0.25) is 4.79 Å². The summed E-state index contributed by atoms with van der Waals surface area (Å²) >= 11 is 0. The summed E-state index contributed by atoms with van der Waals surface area (Å²) in [5.74, 6) is -1.46. The van der Waals surface area contributed by atoms with Crippen molar-refractivity contribution in [2.75, 3.05) is 7.11 Å². The van der Waals surface area contributed by atoms with Crippen LogP contribution >= 0.6 is 0 Å². The van der Waals surface area contributed by atoms with E-state index < -0.39 is 18.4 Å². The fourth-order valence-electron chi connectivity index (χ4n) is 0.984. The molecule has 17 heavy (non-hydrogen) atoms. The van der Waals surface area contributed by atoms with E-state index in [4.69, 9.17) is 5.73 Å². The lowest BCUT2D eigenvalue weighted by Gasteiger charge is -2.00. The molecule has 2 N–H and O–H groups in total. The van der Waals surface area contributed by atoms with Crippen molar-refractivity contribution in [1.82, 2.24) is 0 Å². The van der Waals surface area contributed by atoms with Gasteiger partial charge in [0, 0.05) is 5.56 Å². The summed E-state index contributed by atoms with van der Waals surface area (Å²) in [4.78, 5) is 26.3. The second kappa shape index (κ2) is 6.26. The molecular weight excluding hydrogens is 224 g/mol. The van der Waals surface area contributed by atoms with Crippen molar-refractivity contribution >= 4 is 17.8 Å². The maximum absolute atomic E-state index is 11.1. The Labute approximate surface area is 98.0 Å². The van der Waals surface area contributed by atoms with Crippen LogP contribution in [-0.2, 0) is 19.2 Å². The molecule has 0 saturated heterocycles. The third-order valence-electron chi connectivity index (χ3n) is 1.83. The van der Waals surface area contributed by atoms with Crippen LogP contribution in [0.4, 0.5) is 0 Å². The van der Waals surface area contributed by atoms with Crippen molar-refractivity contribution in [3.05, 3.63) is 35.9 Å². The highest BCUT2D eigenvalue weighted by atomic mass is 16.7. The molecular formula is C11H12N2O4. The first-order chi connectivity index (χ1) is 8.13. The Morgan fingerprint density at radius 1 is 1.24 bits per heavy atom. The molecule has 0 aromatic heterocycles. The molecule has 0 radical (unpaired) electrons. The maximum Gasteiger partial charge on any atom is 0.346 e. The van der Waals surface area contributed by atoms with Gasteiger partial charge in [0.2, 0.25) is 0 Å². The Bertz CT molecular complexity index is 428. The van der Waals surface area contributed by atoms with E-state index in [2.05, 4.69) is 14.7 Å². The first kappa shape index (κ1) is 12.7. The van der Waals surface area contributed by atoms with Crippen LogP contribution in [0, 0.1) is 0 Å². The molecule has 6 nitrogen and oxygen atoms in total. The molecule has 1 rings (SSSR count). The van der Waals surface area contributed by atoms with Crippen LogP contribution in [0.1, 0.15) is 12.0 Å². The lowest BCUT2D eigenvalue weighted by Crippen LogP contribution is -2.16. The van der Waals surface area contributed by atoms with Gasteiger partial charge < -0.3 is 15.3 Å². The lowest BCUT2D eigenvalue weighted by atomic mass is 10.2. The zero-order valence-corrected chi connectivity index (χ0v) is 9.25. The molecule has 0 aliphatic carbocycles. The Morgan fingerprint density at radius 2 is 1.88 bits per heavy atom. The number of rotatable bonds is 4. The molecule has 0 unspecified atom stereocenters. The third-order valence-corrected chi connectivity index (χ3v) is 1.83. The number of methoxy groups -OCH3 is 1. The zero-order chi connectivity index (χ0) is 12.7. The molecule has 1 aromatic rings. The summed E-state index contributed by atoms with van der Waals surface area (Å²) in [5, 5.41) is 3.42. The third kappa shape index (κ3) is 4.33. The summed E-state index contributed by atoms with van der Waals surface area (Å²) in [6.45, 7) is 0. The predicted octanol–water partition coefficient (Wildman–Crippen LogP) is 0.413. The van der Waals surface area contributed by atoms with Crippen molar-refractivity contribution < 1.29 is 19.2 Å². The van der Waals surface area contributed by atoms with E-state index >= 15 is 0 Å². The molecule has 6 heteroatoms. The van der Waals surface area contributed by atoms with E-state index in [9.17, 15) is 9.59 Å². The van der Waals surface area contributed by atoms with Gasteiger partial charge in [0.1, 0.15) is 6.42 Å². The molecule has 0 amide bonds. The SMILES string of the molecule is COC(=O)CC(=O)O/N=C(\N)c1ccccc1. The van der Waals surface area contributed by atoms with Crippen LogP contribution < -0.4 is 5.73 Å². The van der Waals surface area contributed by atoms with E-state index in [0.29, 0.717) is 5.56 Å². The Balaban J connectivity index is 2.54. The Kier molecular flexibility index (Phi) is 4.68. The Hall–Kier alpha value is -2.37. The van der Waals surface area contributed by atoms with Crippen LogP contribution in [-0.4, -0.2) is 24.9 Å². The fourth-order valence-corrected chi connectivity index (χ4v) is 0.984. The molecule has 0 aliphatic heterocycles. The summed E-state index contributed by atoms with van der Waals surface area (Å²) in [5.41, 5.74) is 6.19. The van der Waals surface area contributed by atoms with Gasteiger partial charge in [-0.2, -0.15) is 0 Å². The van der Waals surface area contributed by atoms with Gasteiger partial charge in [0.05, 0.1) is 7.11 Å². The minimum absolute atomic E-state index is 0.0591. The van der Waals surface area contributed by atoms with Gasteiger partial charge in [0.25, 0.3) is 0 Å². The minimum atomic E-state index is -0.823. The number of ether oxygens (including phenoxy) is 1. The van der Waals surface area contributed by atoms with Gasteiger partial charge >= 0.3 is 11.9 Å². The highest BCUT2D eigenvalue weighted by Gasteiger charge is 2.11. The average molecular weight is 236 g/mol. The minimum Gasteiger partial charge on any atom is -0.469 e. The van der Waals surface area contributed by atoms with Crippen LogP contribution in [0.3, 0.4) is 0 Å². The zero-order valence-electron chi connectivity index (χ0n) is 9.25. The van der Waals surface area contributed by atoms with Crippen molar-refractivity contribution in [2.45, 2.75) is 6.42 Å². The van der Waals surface area contributed by atoms with Gasteiger partial charge in [0.15, 0.2) is 5.84 Å². The average Bonchev–Trinajstić information content (AvgIpc) is 2.36. The standard InChI is InChI=1S/C11H12N2O4/c1-16-9(14)7-10(15)17-13-11(12)8-5-3-2-4-6-8/h2-6H,7H2,1H3,(H2,12,13). The largest absolute Gasteiger partial charge is 0.469 e. The number of esters is 1. The number of nitrogens with zero attached hydrogens (tertiary/aromatic N) is 1. The quantitative estimate of drug-likeness (QED) is 0.204. The van der Waals surface area contributed by atoms with Crippen LogP contribution in [0.15, 0.2) is 35.5 Å². The normalized spacial score (nSPS) is 10.8. The summed E-state index contributed by atoms with van der Waals surface area (Å²) in [7, 11) is 1.18. The summed E-state index contributed by atoms with van der Waals surface area (Å²) in [6.07, 6.45) is -0.498. The molecule has 0 spiro atoms. The fraction of sp³-hybridized carbons (Fsp3) is 0.182. The molecule has 0 saturated carbocycles. The monoisotopic (exact) mass is 236 g/mol. The van der Waals surface area contributed by atoms with Crippen molar-refractivity contribution in [3.63, 3.8) is 0 Å². The van der Waals surface area contributed by atoms with E-state index in [1.807, 2.05) is 6.07 Å². The lowest BCUT2D eigenvalue weighted by molar-refractivity contribution is -0.153. The summed E-state index contributed by atoms with van der Waals surface area (Å²) < 4.78 is 4.29. The number of carbonyl (C=O) groups is 2. The molecule has 0 aliphatic rings. The molecule has 0 heterocycles. The second-order valence-corrected chi connectivity index (χ2v) is 3.06. The highest BCUT2D eigenvalue weighted by Crippen LogP contribution is 1.98. The van der Waals surface area contributed by atoms with Gasteiger partial charge in [-0.15, -0.1) is 0 Å². The van der Waals surface area contributed by atoms with Crippen LogP contribution in [0.2, 0.25) is 0 Å². The first-order valence-corrected chi connectivity index (χ1v) is 4.79. The first-order valence-electron chi connectivity index (χ1n) is 4.79. The Morgan fingerprint density at radius 3 is 2.47 bits per heavy atom. The number of amidine groups is 1. The molecule has 0 fully saturated rings. The van der Waals surface area contributed by atoms with E-state index in [-0.39, 0.29) is 5.84 Å². The highest BCUT2D eigenvalue weighted by molar-refractivity contribution is 5.97. The van der Waals surface area contributed by atoms with Crippen LogP contribution in [0.5, 0.6) is 0 Å². The predicted molar refractivity (Wildman–Crippen MR) is 59.9 cm³/mol. The number of hydrogen-bond donors (Lipinski definition) is 1. The molecule has 0 bridgehead atoms. The topological polar surface area (TPSA) is 91.0 Å². The second-order valence-electron chi connectivity index (χ2n) is 3.06. The molecule has 90 valence electrons. The smallest absolute Gasteiger partial charge is 0.346 e. The van der Waals surface area contributed by atoms with Gasteiger partial charge in [-0.05, 0) is 0 Å². The number of carbonyl (C=O) groups excluding carboxylic acids is 2.